The van der Waals surface area contributed by atoms with Gasteiger partial charge in [-0.05, 0) is 6.42 Å². The average molecular weight is 199 g/mol. The third-order valence-corrected chi connectivity index (χ3v) is 2.38. The number of amides is 2. The van der Waals surface area contributed by atoms with Crippen LogP contribution in [0.25, 0.3) is 0 Å². The Kier molecular flexibility index (Phi) is 3.88. The number of hydrogen-bond acceptors (Lipinski definition) is 3. The summed E-state index contributed by atoms with van der Waals surface area (Å²) in [6.07, 6.45) is 1.01. The van der Waals surface area contributed by atoms with Gasteiger partial charge in [-0.25, -0.2) is 0 Å². The minimum Gasteiger partial charge on any atom is -0.354 e. The largest absolute Gasteiger partial charge is 0.354 e. The van der Waals surface area contributed by atoms with Gasteiger partial charge in [-0.15, -0.1) is 0 Å². The summed E-state index contributed by atoms with van der Waals surface area (Å²) >= 11 is 0. The maximum absolute atomic E-state index is 11.7. The molecule has 1 fully saturated rings. The van der Waals surface area contributed by atoms with Crippen LogP contribution in [0.3, 0.4) is 0 Å². The first-order valence-electron chi connectivity index (χ1n) is 4.96. The molecule has 1 heterocycles. The van der Waals surface area contributed by atoms with E-state index in [1.165, 1.54) is 0 Å². The number of carbonyl (C=O) groups excluding carboxylic acids is 2. The Balaban J connectivity index is 2.51. The van der Waals surface area contributed by atoms with Crippen LogP contribution in [0.5, 0.6) is 0 Å². The van der Waals surface area contributed by atoms with Crippen LogP contribution in [0, 0.1) is 0 Å². The molecule has 5 nitrogen and oxygen atoms in total. The van der Waals surface area contributed by atoms with Crippen molar-refractivity contribution in [1.82, 2.24) is 10.2 Å². The van der Waals surface area contributed by atoms with E-state index in [4.69, 9.17) is 5.73 Å². The number of nitrogens with two attached hydrogens (primary N) is 1. The molecule has 0 aromatic rings. The van der Waals surface area contributed by atoms with Crippen molar-refractivity contribution in [2.75, 3.05) is 19.6 Å². The molecule has 1 rings (SSSR count). The Labute approximate surface area is 83.6 Å². The van der Waals surface area contributed by atoms with E-state index in [1.54, 1.807) is 4.90 Å². The molecular formula is C9H17N3O2. The first-order valence-corrected chi connectivity index (χ1v) is 4.96. The molecule has 0 bridgehead atoms. The highest BCUT2D eigenvalue weighted by atomic mass is 16.2. The van der Waals surface area contributed by atoms with Crippen LogP contribution in [0.15, 0.2) is 0 Å². The summed E-state index contributed by atoms with van der Waals surface area (Å²) in [5.41, 5.74) is 5.64. The molecule has 0 spiro atoms. The van der Waals surface area contributed by atoms with E-state index in [9.17, 15) is 9.59 Å². The molecule has 1 aliphatic rings. The van der Waals surface area contributed by atoms with Crippen LogP contribution in [0.2, 0.25) is 0 Å². The summed E-state index contributed by atoms with van der Waals surface area (Å²) in [4.78, 5) is 24.3. The molecule has 80 valence electrons. The van der Waals surface area contributed by atoms with Crippen molar-refractivity contribution >= 4 is 11.8 Å². The molecule has 1 atom stereocenters. The van der Waals surface area contributed by atoms with Crippen molar-refractivity contribution in [3.05, 3.63) is 0 Å². The Morgan fingerprint density at radius 2 is 2.36 bits per heavy atom. The summed E-state index contributed by atoms with van der Waals surface area (Å²) in [5, 5.41) is 2.71. The summed E-state index contributed by atoms with van der Waals surface area (Å²) in [5.74, 6) is -0.0469. The van der Waals surface area contributed by atoms with Gasteiger partial charge in [-0.1, -0.05) is 6.92 Å². The van der Waals surface area contributed by atoms with Crippen LogP contribution < -0.4 is 11.1 Å². The van der Waals surface area contributed by atoms with E-state index in [2.05, 4.69) is 5.32 Å². The predicted molar refractivity (Wildman–Crippen MR) is 52.5 cm³/mol. The van der Waals surface area contributed by atoms with Gasteiger partial charge < -0.3 is 16.0 Å². The second-order valence-electron chi connectivity index (χ2n) is 3.44. The normalized spacial score (nSPS) is 19.9. The van der Waals surface area contributed by atoms with Gasteiger partial charge in [0.1, 0.15) is 0 Å². The molecule has 1 aliphatic heterocycles. The van der Waals surface area contributed by atoms with Gasteiger partial charge in [-0.2, -0.15) is 0 Å². The van der Waals surface area contributed by atoms with E-state index >= 15 is 0 Å². The minimum atomic E-state index is -0.428. The molecular weight excluding hydrogens is 182 g/mol. The van der Waals surface area contributed by atoms with Gasteiger partial charge >= 0.3 is 0 Å². The van der Waals surface area contributed by atoms with Crippen molar-refractivity contribution in [2.45, 2.75) is 25.8 Å². The molecule has 1 saturated heterocycles. The van der Waals surface area contributed by atoms with Crippen molar-refractivity contribution in [3.8, 4) is 0 Å². The van der Waals surface area contributed by atoms with Crippen molar-refractivity contribution in [3.63, 3.8) is 0 Å². The van der Waals surface area contributed by atoms with Crippen LogP contribution >= 0.6 is 0 Å². The fraction of sp³-hybridized carbons (Fsp3) is 0.778. The van der Waals surface area contributed by atoms with E-state index < -0.39 is 6.04 Å². The van der Waals surface area contributed by atoms with E-state index in [0.717, 1.165) is 0 Å². The Morgan fingerprint density at radius 1 is 1.64 bits per heavy atom. The zero-order chi connectivity index (χ0) is 10.6. The number of nitrogens with one attached hydrogen (secondary N) is 1. The van der Waals surface area contributed by atoms with Gasteiger partial charge in [-0.3, -0.25) is 9.59 Å². The minimum absolute atomic E-state index is 0.00497. The SMILES string of the molecule is CC[C@@H](N)C(=O)N1CCNC(=O)CC1. The Hall–Kier alpha value is -1.10. The molecule has 2 amide bonds. The smallest absolute Gasteiger partial charge is 0.239 e. The third-order valence-electron chi connectivity index (χ3n) is 2.38. The first-order chi connectivity index (χ1) is 6.65. The predicted octanol–water partition coefficient (Wildman–Crippen LogP) is -0.928. The Morgan fingerprint density at radius 3 is 3.00 bits per heavy atom. The van der Waals surface area contributed by atoms with Gasteiger partial charge in [0.05, 0.1) is 6.04 Å². The molecule has 14 heavy (non-hydrogen) atoms. The molecule has 0 saturated carbocycles. The van der Waals surface area contributed by atoms with Gasteiger partial charge in [0, 0.05) is 26.1 Å². The van der Waals surface area contributed by atoms with Crippen LogP contribution in [-0.4, -0.2) is 42.4 Å². The third kappa shape index (κ3) is 2.70. The van der Waals surface area contributed by atoms with E-state index in [-0.39, 0.29) is 11.8 Å². The van der Waals surface area contributed by atoms with Crippen molar-refractivity contribution in [1.29, 1.82) is 0 Å². The van der Waals surface area contributed by atoms with Crippen molar-refractivity contribution < 1.29 is 9.59 Å². The average Bonchev–Trinajstić information content (AvgIpc) is 2.40. The van der Waals surface area contributed by atoms with Crippen molar-refractivity contribution in [2.24, 2.45) is 5.73 Å². The molecule has 5 heteroatoms. The van der Waals surface area contributed by atoms with Gasteiger partial charge in [0.15, 0.2) is 0 Å². The maximum atomic E-state index is 11.7. The molecule has 0 unspecified atom stereocenters. The van der Waals surface area contributed by atoms with Gasteiger partial charge in [0.2, 0.25) is 11.8 Å². The number of hydrogen-bond donors (Lipinski definition) is 2. The second-order valence-corrected chi connectivity index (χ2v) is 3.44. The lowest BCUT2D eigenvalue weighted by molar-refractivity contribution is -0.132. The second kappa shape index (κ2) is 4.95. The fourth-order valence-corrected chi connectivity index (χ4v) is 1.40. The first kappa shape index (κ1) is 11.0. The van der Waals surface area contributed by atoms with Gasteiger partial charge in [0.25, 0.3) is 0 Å². The lowest BCUT2D eigenvalue weighted by atomic mass is 10.2. The quantitative estimate of drug-likeness (QED) is 0.603. The van der Waals surface area contributed by atoms with Crippen LogP contribution in [0.1, 0.15) is 19.8 Å². The number of nitrogens with zero attached hydrogens (tertiary/aromatic N) is 1. The standard InChI is InChI=1S/C9H17N3O2/c1-2-7(10)9(14)12-5-3-8(13)11-4-6-12/h7H,2-6,10H2,1H3,(H,11,13)/t7-/m1/s1. The topological polar surface area (TPSA) is 75.4 Å². The maximum Gasteiger partial charge on any atom is 0.239 e. The highest BCUT2D eigenvalue weighted by molar-refractivity contribution is 5.83. The van der Waals surface area contributed by atoms with Crippen LogP contribution in [-0.2, 0) is 9.59 Å². The summed E-state index contributed by atoms with van der Waals surface area (Å²) in [6, 6.07) is -0.428. The summed E-state index contributed by atoms with van der Waals surface area (Å²) in [7, 11) is 0. The number of carbonyl (C=O) groups is 2. The van der Waals surface area contributed by atoms with E-state index in [1.807, 2.05) is 6.92 Å². The monoisotopic (exact) mass is 199 g/mol. The van der Waals surface area contributed by atoms with Crippen LogP contribution in [0.4, 0.5) is 0 Å². The lowest BCUT2D eigenvalue weighted by Crippen LogP contribution is -2.44. The molecule has 0 aliphatic carbocycles. The Bertz CT molecular complexity index is 230. The molecule has 0 aromatic heterocycles. The summed E-state index contributed by atoms with van der Waals surface area (Å²) < 4.78 is 0. The zero-order valence-electron chi connectivity index (χ0n) is 8.45. The highest BCUT2D eigenvalue weighted by Crippen LogP contribution is 2.01. The summed E-state index contributed by atoms with van der Waals surface area (Å²) in [6.45, 7) is 3.46. The van der Waals surface area contributed by atoms with E-state index in [0.29, 0.717) is 32.5 Å². The lowest BCUT2D eigenvalue weighted by Gasteiger charge is -2.22. The highest BCUT2D eigenvalue weighted by Gasteiger charge is 2.21. The molecule has 0 radical (unpaired) electrons. The number of rotatable bonds is 2. The molecule has 0 aromatic carbocycles. The zero-order valence-corrected chi connectivity index (χ0v) is 8.45. The fourth-order valence-electron chi connectivity index (χ4n) is 1.40. The molecule has 3 N–H and O–H groups in total.